The zero-order valence-corrected chi connectivity index (χ0v) is 11.2. The van der Waals surface area contributed by atoms with Crippen LogP contribution in [0.3, 0.4) is 0 Å². The van der Waals surface area contributed by atoms with E-state index < -0.39 is 36.9 Å². The highest BCUT2D eigenvalue weighted by Crippen LogP contribution is 2.26. The molecule has 0 aliphatic carbocycles. The lowest BCUT2D eigenvalue weighted by Crippen LogP contribution is -2.45. The van der Waals surface area contributed by atoms with Crippen molar-refractivity contribution in [2.45, 2.75) is 24.3 Å². The largest absolute Gasteiger partial charge is 0.324 e. The van der Waals surface area contributed by atoms with Crippen molar-refractivity contribution in [3.8, 4) is 0 Å². The van der Waals surface area contributed by atoms with Crippen molar-refractivity contribution in [1.82, 2.24) is 4.72 Å². The molecule has 0 amide bonds. The van der Waals surface area contributed by atoms with E-state index in [-0.39, 0.29) is 6.54 Å². The van der Waals surface area contributed by atoms with Crippen LogP contribution in [0.15, 0.2) is 23.1 Å². The van der Waals surface area contributed by atoms with Crippen LogP contribution in [0.1, 0.15) is 13.8 Å². The lowest BCUT2D eigenvalue weighted by molar-refractivity contribution is -0.390. The molecule has 3 N–H and O–H groups in total. The molecule has 0 aromatic heterocycles. The molecule has 0 heterocycles. The molecule has 1 aromatic carbocycles. The van der Waals surface area contributed by atoms with E-state index in [1.54, 1.807) is 13.8 Å². The van der Waals surface area contributed by atoms with Gasteiger partial charge >= 0.3 is 5.69 Å². The molecule has 0 saturated carbocycles. The third kappa shape index (κ3) is 3.94. The van der Waals surface area contributed by atoms with E-state index in [0.717, 1.165) is 18.2 Å². The number of para-hydroxylation sites is 1. The minimum atomic E-state index is -4.20. The zero-order valence-electron chi connectivity index (χ0n) is 10.4. The first kappa shape index (κ1) is 15.5. The minimum absolute atomic E-state index is 0.136. The number of nitro groups is 1. The van der Waals surface area contributed by atoms with Crippen LogP contribution in [0, 0.1) is 15.9 Å². The monoisotopic (exact) mass is 291 g/mol. The van der Waals surface area contributed by atoms with E-state index in [1.807, 2.05) is 0 Å². The summed E-state index contributed by atoms with van der Waals surface area (Å²) in [6.45, 7) is 3.02. The van der Waals surface area contributed by atoms with Crippen molar-refractivity contribution >= 4 is 15.7 Å². The average Bonchev–Trinajstić information content (AvgIpc) is 2.25. The normalized spacial score (nSPS) is 12.4. The molecular formula is C10H14FN3O4S. The summed E-state index contributed by atoms with van der Waals surface area (Å²) in [7, 11) is -4.20. The third-order valence-corrected chi connectivity index (χ3v) is 3.57. The first-order chi connectivity index (χ1) is 8.54. The van der Waals surface area contributed by atoms with Gasteiger partial charge in [-0.05, 0) is 26.0 Å². The van der Waals surface area contributed by atoms with Gasteiger partial charge in [-0.3, -0.25) is 10.1 Å². The highest BCUT2D eigenvalue weighted by Gasteiger charge is 2.30. The Balaban J connectivity index is 3.23. The maximum Gasteiger partial charge on any atom is 0.324 e. The Morgan fingerprint density at radius 3 is 2.53 bits per heavy atom. The summed E-state index contributed by atoms with van der Waals surface area (Å²) < 4.78 is 39.3. The SMILES string of the molecule is CC(C)(N)CNS(=O)(=O)c1cccc(F)c1[N+](=O)[O-]. The third-order valence-electron chi connectivity index (χ3n) is 2.14. The first-order valence-corrected chi connectivity index (χ1v) is 6.74. The second kappa shape index (κ2) is 5.19. The van der Waals surface area contributed by atoms with Gasteiger partial charge in [0.1, 0.15) is 0 Å². The fraction of sp³-hybridized carbons (Fsp3) is 0.400. The molecule has 0 aliphatic rings. The summed E-state index contributed by atoms with van der Waals surface area (Å²) in [5, 5.41) is 10.7. The van der Waals surface area contributed by atoms with Crippen LogP contribution in [-0.2, 0) is 10.0 Å². The van der Waals surface area contributed by atoms with Crippen LogP contribution in [0.2, 0.25) is 0 Å². The molecule has 0 fully saturated rings. The molecule has 106 valence electrons. The lowest BCUT2D eigenvalue weighted by Gasteiger charge is -2.18. The molecule has 1 rings (SSSR count). The van der Waals surface area contributed by atoms with Gasteiger partial charge in [-0.15, -0.1) is 0 Å². The lowest BCUT2D eigenvalue weighted by atomic mass is 10.1. The van der Waals surface area contributed by atoms with Crippen LogP contribution in [0.5, 0.6) is 0 Å². The van der Waals surface area contributed by atoms with Crippen molar-refractivity contribution in [3.05, 3.63) is 34.1 Å². The number of halogens is 1. The number of nitrogens with zero attached hydrogens (tertiary/aromatic N) is 1. The molecule has 0 atom stereocenters. The fourth-order valence-corrected chi connectivity index (χ4v) is 2.65. The number of hydrogen-bond donors (Lipinski definition) is 2. The van der Waals surface area contributed by atoms with E-state index >= 15 is 0 Å². The molecule has 9 heteroatoms. The fourth-order valence-electron chi connectivity index (χ4n) is 1.25. The Morgan fingerprint density at radius 2 is 2.05 bits per heavy atom. The van der Waals surface area contributed by atoms with Gasteiger partial charge in [0.05, 0.1) is 4.92 Å². The Labute approximate surface area is 109 Å². The van der Waals surface area contributed by atoms with Crippen molar-refractivity contribution in [3.63, 3.8) is 0 Å². The predicted molar refractivity (Wildman–Crippen MR) is 66.5 cm³/mol. The molecule has 0 bridgehead atoms. The Hall–Kier alpha value is -1.58. The summed E-state index contributed by atoms with van der Waals surface area (Å²) in [5.41, 5.74) is 3.70. The second-order valence-electron chi connectivity index (χ2n) is 4.66. The van der Waals surface area contributed by atoms with Gasteiger partial charge in [0.2, 0.25) is 15.8 Å². The number of hydrogen-bond acceptors (Lipinski definition) is 5. The van der Waals surface area contributed by atoms with Crippen molar-refractivity contribution in [2.24, 2.45) is 5.73 Å². The van der Waals surface area contributed by atoms with Gasteiger partial charge in [0.15, 0.2) is 4.90 Å². The van der Waals surface area contributed by atoms with Crippen LogP contribution in [-0.4, -0.2) is 25.4 Å². The quantitative estimate of drug-likeness (QED) is 0.613. The zero-order chi connectivity index (χ0) is 14.8. The van der Waals surface area contributed by atoms with Gasteiger partial charge in [-0.2, -0.15) is 4.39 Å². The van der Waals surface area contributed by atoms with Crippen LogP contribution in [0.4, 0.5) is 10.1 Å². The van der Waals surface area contributed by atoms with Gasteiger partial charge in [0.25, 0.3) is 0 Å². The molecule has 1 aromatic rings. The van der Waals surface area contributed by atoms with E-state index in [9.17, 15) is 22.9 Å². The smallest absolute Gasteiger partial charge is 0.324 e. The highest BCUT2D eigenvalue weighted by molar-refractivity contribution is 7.89. The average molecular weight is 291 g/mol. The standard InChI is InChI=1S/C10H14FN3O4S/c1-10(2,12)6-13-19(17,18)8-5-3-4-7(11)9(8)14(15)16/h3-5,13H,6,12H2,1-2H3. The molecule has 0 radical (unpaired) electrons. The molecular weight excluding hydrogens is 277 g/mol. The van der Waals surface area contributed by atoms with E-state index in [0.29, 0.717) is 0 Å². The summed E-state index contributed by atoms with van der Waals surface area (Å²) in [5.74, 6) is -1.21. The maximum absolute atomic E-state index is 13.3. The van der Waals surface area contributed by atoms with Crippen molar-refractivity contribution in [1.29, 1.82) is 0 Å². The first-order valence-electron chi connectivity index (χ1n) is 5.26. The number of nitro benzene ring substituents is 1. The van der Waals surface area contributed by atoms with Gasteiger partial charge < -0.3 is 5.73 Å². The van der Waals surface area contributed by atoms with Crippen LogP contribution >= 0.6 is 0 Å². The Bertz CT molecular complexity index is 595. The maximum atomic E-state index is 13.3. The van der Waals surface area contributed by atoms with Crippen LogP contribution < -0.4 is 10.5 Å². The van der Waals surface area contributed by atoms with Gasteiger partial charge in [0, 0.05) is 12.1 Å². The second-order valence-corrected chi connectivity index (χ2v) is 6.39. The number of rotatable bonds is 5. The predicted octanol–water partition coefficient (Wildman–Crippen LogP) is 0.750. The molecule has 0 unspecified atom stereocenters. The number of nitrogens with two attached hydrogens (primary N) is 1. The summed E-state index contributed by atoms with van der Waals surface area (Å²) in [4.78, 5) is 8.95. The Kier molecular flexibility index (Phi) is 4.23. The van der Waals surface area contributed by atoms with E-state index in [4.69, 9.17) is 5.73 Å². The number of sulfonamides is 1. The van der Waals surface area contributed by atoms with E-state index in [1.165, 1.54) is 0 Å². The Morgan fingerprint density at radius 1 is 1.47 bits per heavy atom. The van der Waals surface area contributed by atoms with Crippen molar-refractivity contribution in [2.75, 3.05) is 6.54 Å². The molecule has 0 saturated heterocycles. The topological polar surface area (TPSA) is 115 Å². The summed E-state index contributed by atoms with van der Waals surface area (Å²) >= 11 is 0. The summed E-state index contributed by atoms with van der Waals surface area (Å²) in [6, 6.07) is 2.88. The molecule has 0 aliphatic heterocycles. The number of nitrogens with one attached hydrogen (secondary N) is 1. The minimum Gasteiger partial charge on any atom is -0.324 e. The number of benzene rings is 1. The van der Waals surface area contributed by atoms with Gasteiger partial charge in [-0.1, -0.05) is 6.07 Å². The molecule has 0 spiro atoms. The van der Waals surface area contributed by atoms with E-state index in [2.05, 4.69) is 4.72 Å². The van der Waals surface area contributed by atoms with Gasteiger partial charge in [-0.25, -0.2) is 13.1 Å². The molecule has 19 heavy (non-hydrogen) atoms. The highest BCUT2D eigenvalue weighted by atomic mass is 32.2. The van der Waals surface area contributed by atoms with Crippen molar-refractivity contribution < 1.29 is 17.7 Å². The summed E-state index contributed by atoms with van der Waals surface area (Å²) in [6.07, 6.45) is 0. The molecule has 7 nitrogen and oxygen atoms in total. The van der Waals surface area contributed by atoms with Crippen LogP contribution in [0.25, 0.3) is 0 Å².